The highest BCUT2D eigenvalue weighted by Crippen LogP contribution is 2.18. The van der Waals surface area contributed by atoms with Crippen LogP contribution in [0.2, 0.25) is 0 Å². The Morgan fingerprint density at radius 2 is 1.69 bits per heavy atom. The molecule has 1 unspecified atom stereocenters. The maximum Gasteiger partial charge on any atom is 0.337 e. The standard InChI is InChI=1S/C22H22N4O3/c1-14(16-7-5-4-6-8-16)23-21(27)19-13-20(25-15(2)24-19)26-18-11-9-17(10-12-18)22(28)29-3/h4-14H,1-3H3,(H,23,27)(H,24,25,26). The van der Waals surface area contributed by atoms with Gasteiger partial charge in [-0.1, -0.05) is 30.3 Å². The van der Waals surface area contributed by atoms with Crippen LogP contribution in [-0.4, -0.2) is 29.0 Å². The summed E-state index contributed by atoms with van der Waals surface area (Å²) in [6, 6.07) is 17.9. The maximum absolute atomic E-state index is 12.7. The van der Waals surface area contributed by atoms with Gasteiger partial charge in [0.25, 0.3) is 5.91 Å². The van der Waals surface area contributed by atoms with Gasteiger partial charge in [0.15, 0.2) is 0 Å². The number of hydrogen-bond donors (Lipinski definition) is 2. The van der Waals surface area contributed by atoms with E-state index in [-0.39, 0.29) is 17.6 Å². The molecular weight excluding hydrogens is 368 g/mol. The van der Waals surface area contributed by atoms with Crippen LogP contribution in [0.3, 0.4) is 0 Å². The number of esters is 1. The molecule has 1 atom stereocenters. The average molecular weight is 390 g/mol. The Balaban J connectivity index is 1.74. The van der Waals surface area contributed by atoms with Crippen molar-refractivity contribution < 1.29 is 14.3 Å². The van der Waals surface area contributed by atoms with Crippen molar-refractivity contribution in [3.05, 3.63) is 83.3 Å². The molecule has 0 bridgehead atoms. The molecule has 3 aromatic rings. The molecule has 0 aliphatic carbocycles. The monoisotopic (exact) mass is 390 g/mol. The fourth-order valence-corrected chi connectivity index (χ4v) is 2.80. The van der Waals surface area contributed by atoms with Crippen LogP contribution in [0.15, 0.2) is 60.7 Å². The van der Waals surface area contributed by atoms with E-state index < -0.39 is 5.97 Å². The van der Waals surface area contributed by atoms with Crippen molar-refractivity contribution >= 4 is 23.4 Å². The Morgan fingerprint density at radius 1 is 1.00 bits per heavy atom. The molecular formula is C22H22N4O3. The second-order valence-corrected chi connectivity index (χ2v) is 6.49. The number of nitrogens with zero attached hydrogens (tertiary/aromatic N) is 2. The third-order valence-corrected chi connectivity index (χ3v) is 4.30. The Labute approximate surface area is 169 Å². The topological polar surface area (TPSA) is 93.2 Å². The summed E-state index contributed by atoms with van der Waals surface area (Å²) in [7, 11) is 1.34. The van der Waals surface area contributed by atoms with Gasteiger partial charge >= 0.3 is 5.97 Å². The van der Waals surface area contributed by atoms with E-state index >= 15 is 0 Å². The number of aryl methyl sites for hydroxylation is 1. The molecule has 148 valence electrons. The van der Waals surface area contributed by atoms with Crippen LogP contribution in [0.5, 0.6) is 0 Å². The molecule has 7 nitrogen and oxygen atoms in total. The lowest BCUT2D eigenvalue weighted by molar-refractivity contribution is 0.0600. The lowest BCUT2D eigenvalue weighted by Crippen LogP contribution is -2.27. The van der Waals surface area contributed by atoms with Gasteiger partial charge in [0.05, 0.1) is 18.7 Å². The summed E-state index contributed by atoms with van der Waals surface area (Å²) in [6.45, 7) is 3.65. The van der Waals surface area contributed by atoms with E-state index in [0.717, 1.165) is 11.3 Å². The minimum absolute atomic E-state index is 0.152. The lowest BCUT2D eigenvalue weighted by atomic mass is 10.1. The van der Waals surface area contributed by atoms with Crippen molar-refractivity contribution in [1.29, 1.82) is 0 Å². The summed E-state index contributed by atoms with van der Waals surface area (Å²) in [5, 5.41) is 6.07. The van der Waals surface area contributed by atoms with E-state index in [1.807, 2.05) is 37.3 Å². The number of nitrogens with one attached hydrogen (secondary N) is 2. The molecule has 0 radical (unpaired) electrons. The minimum Gasteiger partial charge on any atom is -0.465 e. The van der Waals surface area contributed by atoms with Crippen molar-refractivity contribution in [2.24, 2.45) is 0 Å². The highest BCUT2D eigenvalue weighted by Gasteiger charge is 2.14. The quantitative estimate of drug-likeness (QED) is 0.622. The van der Waals surface area contributed by atoms with E-state index in [0.29, 0.717) is 17.2 Å². The van der Waals surface area contributed by atoms with Gasteiger partial charge in [0.1, 0.15) is 17.3 Å². The van der Waals surface area contributed by atoms with Gasteiger partial charge in [-0.15, -0.1) is 0 Å². The van der Waals surface area contributed by atoms with Crippen LogP contribution >= 0.6 is 0 Å². The maximum atomic E-state index is 12.7. The summed E-state index contributed by atoms with van der Waals surface area (Å²) >= 11 is 0. The molecule has 7 heteroatoms. The Morgan fingerprint density at radius 3 is 2.34 bits per heavy atom. The first-order valence-electron chi connectivity index (χ1n) is 9.13. The number of amides is 1. The number of ether oxygens (including phenoxy) is 1. The SMILES string of the molecule is COC(=O)c1ccc(Nc2cc(C(=O)NC(C)c3ccccc3)nc(C)n2)cc1. The largest absolute Gasteiger partial charge is 0.465 e. The molecule has 3 rings (SSSR count). The van der Waals surface area contributed by atoms with Gasteiger partial charge in [-0.05, 0) is 43.7 Å². The number of benzene rings is 2. The molecule has 1 amide bonds. The first-order valence-corrected chi connectivity index (χ1v) is 9.13. The summed E-state index contributed by atoms with van der Waals surface area (Å²) in [5.74, 6) is 0.274. The van der Waals surface area contributed by atoms with Gasteiger partial charge in [0, 0.05) is 11.8 Å². The molecule has 0 saturated carbocycles. The van der Waals surface area contributed by atoms with Crippen LogP contribution < -0.4 is 10.6 Å². The summed E-state index contributed by atoms with van der Waals surface area (Å²) in [4.78, 5) is 32.8. The Bertz CT molecular complexity index is 1000. The van der Waals surface area contributed by atoms with Gasteiger partial charge in [-0.25, -0.2) is 14.8 Å². The zero-order valence-electron chi connectivity index (χ0n) is 16.5. The number of rotatable bonds is 6. The van der Waals surface area contributed by atoms with E-state index in [1.165, 1.54) is 7.11 Å². The zero-order valence-corrected chi connectivity index (χ0v) is 16.5. The van der Waals surface area contributed by atoms with Crippen LogP contribution in [0.1, 0.15) is 45.2 Å². The fraction of sp³-hybridized carbons (Fsp3) is 0.182. The molecule has 0 spiro atoms. The lowest BCUT2D eigenvalue weighted by Gasteiger charge is -2.15. The van der Waals surface area contributed by atoms with Gasteiger partial charge in [-0.2, -0.15) is 0 Å². The summed E-state index contributed by atoms with van der Waals surface area (Å²) < 4.78 is 4.69. The molecule has 1 aromatic heterocycles. The number of hydrogen-bond acceptors (Lipinski definition) is 6. The van der Waals surface area contributed by atoms with Crippen molar-refractivity contribution in [2.45, 2.75) is 19.9 Å². The van der Waals surface area contributed by atoms with Gasteiger partial charge < -0.3 is 15.4 Å². The fourth-order valence-electron chi connectivity index (χ4n) is 2.80. The van der Waals surface area contributed by atoms with E-state index in [1.54, 1.807) is 37.3 Å². The second kappa shape index (κ2) is 8.97. The molecule has 2 N–H and O–H groups in total. The van der Waals surface area contributed by atoms with E-state index in [9.17, 15) is 9.59 Å². The molecule has 29 heavy (non-hydrogen) atoms. The predicted octanol–water partition coefficient (Wildman–Crippen LogP) is 3.81. The third kappa shape index (κ3) is 5.16. The number of carbonyl (C=O) groups is 2. The molecule has 0 aliphatic rings. The van der Waals surface area contributed by atoms with E-state index in [2.05, 4.69) is 20.6 Å². The number of methoxy groups -OCH3 is 1. The zero-order chi connectivity index (χ0) is 20.8. The van der Waals surface area contributed by atoms with Crippen molar-refractivity contribution in [1.82, 2.24) is 15.3 Å². The Hall–Kier alpha value is -3.74. The van der Waals surface area contributed by atoms with Crippen LogP contribution in [-0.2, 0) is 4.74 Å². The molecule has 2 aromatic carbocycles. The van der Waals surface area contributed by atoms with Gasteiger partial charge in [-0.3, -0.25) is 4.79 Å². The Kier molecular flexibility index (Phi) is 6.19. The number of carbonyl (C=O) groups excluding carboxylic acids is 2. The first-order chi connectivity index (χ1) is 14.0. The number of aromatic nitrogens is 2. The predicted molar refractivity (Wildman–Crippen MR) is 110 cm³/mol. The van der Waals surface area contributed by atoms with Crippen molar-refractivity contribution in [3.8, 4) is 0 Å². The smallest absolute Gasteiger partial charge is 0.337 e. The molecule has 1 heterocycles. The first kappa shape index (κ1) is 20.0. The second-order valence-electron chi connectivity index (χ2n) is 6.49. The van der Waals surface area contributed by atoms with E-state index in [4.69, 9.17) is 4.74 Å². The van der Waals surface area contributed by atoms with Crippen LogP contribution in [0.25, 0.3) is 0 Å². The third-order valence-electron chi connectivity index (χ3n) is 4.30. The number of anilines is 2. The van der Waals surface area contributed by atoms with Crippen LogP contribution in [0, 0.1) is 6.92 Å². The highest BCUT2D eigenvalue weighted by molar-refractivity contribution is 5.93. The van der Waals surface area contributed by atoms with Crippen molar-refractivity contribution in [3.63, 3.8) is 0 Å². The summed E-state index contributed by atoms with van der Waals surface area (Å²) in [5.41, 5.74) is 2.45. The molecule has 0 aliphatic heterocycles. The molecule has 0 fully saturated rings. The highest BCUT2D eigenvalue weighted by atomic mass is 16.5. The van der Waals surface area contributed by atoms with Gasteiger partial charge in [0.2, 0.25) is 0 Å². The molecule has 0 saturated heterocycles. The van der Waals surface area contributed by atoms with Crippen molar-refractivity contribution in [2.75, 3.05) is 12.4 Å². The minimum atomic E-state index is -0.402. The normalized spacial score (nSPS) is 11.4. The average Bonchev–Trinajstić information content (AvgIpc) is 2.74. The van der Waals surface area contributed by atoms with Crippen LogP contribution in [0.4, 0.5) is 11.5 Å². The summed E-state index contributed by atoms with van der Waals surface area (Å²) in [6.07, 6.45) is 0.